The molecule has 2 aromatic rings. The highest BCUT2D eigenvalue weighted by atomic mass is 16.5. The molecular formula is C19H20N6O5. The van der Waals surface area contributed by atoms with Crippen LogP contribution in [-0.2, 0) is 4.74 Å². The van der Waals surface area contributed by atoms with E-state index in [0.29, 0.717) is 24.6 Å². The molecule has 1 fully saturated rings. The predicted octanol–water partition coefficient (Wildman–Crippen LogP) is 2.06. The number of nitrogens with zero attached hydrogens (tertiary/aromatic N) is 4. The zero-order valence-corrected chi connectivity index (χ0v) is 16.2. The van der Waals surface area contributed by atoms with Gasteiger partial charge in [-0.3, -0.25) is 5.32 Å². The molecule has 0 spiro atoms. The zero-order valence-electron chi connectivity index (χ0n) is 16.2. The Morgan fingerprint density at radius 2 is 2.20 bits per heavy atom. The molecule has 0 saturated carbocycles. The lowest BCUT2D eigenvalue weighted by Gasteiger charge is -2.31. The first kappa shape index (κ1) is 20.8. The van der Waals surface area contributed by atoms with E-state index >= 15 is 0 Å². The number of carboxylic acid groups (broad SMARTS) is 1. The largest absolute Gasteiger partial charge is 0.489 e. The van der Waals surface area contributed by atoms with E-state index in [1.54, 1.807) is 12.1 Å². The number of rotatable bonds is 5. The first-order chi connectivity index (χ1) is 14.4. The molecule has 156 valence electrons. The molecule has 1 aromatic carbocycles. The SMILES string of the molecule is Cc1ccc(OCC2CN(C(=O)O)CCO2)c(NC(=O)Nc2cnc(C#N)cn2)c1. The topological polar surface area (TPSA) is 150 Å². The lowest BCUT2D eigenvalue weighted by Crippen LogP contribution is -2.47. The highest BCUT2D eigenvalue weighted by Crippen LogP contribution is 2.26. The molecule has 1 unspecified atom stereocenters. The molecule has 1 aromatic heterocycles. The number of urea groups is 1. The second kappa shape index (κ2) is 9.53. The van der Waals surface area contributed by atoms with Gasteiger partial charge in [-0.05, 0) is 24.6 Å². The van der Waals surface area contributed by atoms with Gasteiger partial charge in [-0.1, -0.05) is 6.07 Å². The Labute approximate surface area is 172 Å². The number of hydrogen-bond acceptors (Lipinski definition) is 7. The van der Waals surface area contributed by atoms with Crippen molar-refractivity contribution in [3.05, 3.63) is 41.9 Å². The quantitative estimate of drug-likeness (QED) is 0.675. The molecule has 1 aliphatic rings. The summed E-state index contributed by atoms with van der Waals surface area (Å²) in [6.45, 7) is 2.83. The van der Waals surface area contributed by atoms with E-state index < -0.39 is 18.2 Å². The summed E-state index contributed by atoms with van der Waals surface area (Å²) in [7, 11) is 0. The van der Waals surface area contributed by atoms with E-state index in [2.05, 4.69) is 20.6 Å². The first-order valence-corrected chi connectivity index (χ1v) is 9.07. The van der Waals surface area contributed by atoms with E-state index in [4.69, 9.17) is 19.8 Å². The lowest BCUT2D eigenvalue weighted by molar-refractivity contribution is -0.0411. The van der Waals surface area contributed by atoms with Crippen LogP contribution >= 0.6 is 0 Å². The summed E-state index contributed by atoms with van der Waals surface area (Å²) in [6.07, 6.45) is 1.12. The fourth-order valence-corrected chi connectivity index (χ4v) is 2.76. The number of nitrogens with one attached hydrogen (secondary N) is 2. The number of morpholine rings is 1. The Morgan fingerprint density at radius 3 is 2.90 bits per heavy atom. The van der Waals surface area contributed by atoms with Crippen molar-refractivity contribution in [1.29, 1.82) is 5.26 Å². The molecular weight excluding hydrogens is 392 g/mol. The van der Waals surface area contributed by atoms with Gasteiger partial charge in [-0.25, -0.2) is 19.6 Å². The third-order valence-corrected chi connectivity index (χ3v) is 4.23. The molecule has 3 N–H and O–H groups in total. The van der Waals surface area contributed by atoms with Crippen molar-refractivity contribution in [1.82, 2.24) is 14.9 Å². The fraction of sp³-hybridized carbons (Fsp3) is 0.316. The van der Waals surface area contributed by atoms with Crippen LogP contribution in [0.15, 0.2) is 30.6 Å². The zero-order chi connectivity index (χ0) is 21.5. The van der Waals surface area contributed by atoms with Crippen molar-refractivity contribution in [2.24, 2.45) is 0 Å². The average Bonchev–Trinajstić information content (AvgIpc) is 2.74. The summed E-state index contributed by atoms with van der Waals surface area (Å²) >= 11 is 0. The minimum Gasteiger partial charge on any atom is -0.489 e. The molecule has 0 bridgehead atoms. The first-order valence-electron chi connectivity index (χ1n) is 9.07. The molecule has 1 aliphatic heterocycles. The number of benzene rings is 1. The van der Waals surface area contributed by atoms with E-state index in [-0.39, 0.29) is 24.7 Å². The van der Waals surface area contributed by atoms with Gasteiger partial charge in [0.05, 0.1) is 31.2 Å². The van der Waals surface area contributed by atoms with Crippen LogP contribution in [0.1, 0.15) is 11.3 Å². The van der Waals surface area contributed by atoms with Crippen LogP contribution in [0.5, 0.6) is 5.75 Å². The minimum absolute atomic E-state index is 0.129. The molecule has 1 atom stereocenters. The van der Waals surface area contributed by atoms with E-state index in [0.717, 1.165) is 5.56 Å². The van der Waals surface area contributed by atoms with Gasteiger partial charge in [0.2, 0.25) is 0 Å². The molecule has 11 heteroatoms. The average molecular weight is 412 g/mol. The maximum absolute atomic E-state index is 12.3. The third-order valence-electron chi connectivity index (χ3n) is 4.23. The van der Waals surface area contributed by atoms with Crippen LogP contribution in [0.25, 0.3) is 0 Å². The van der Waals surface area contributed by atoms with Crippen molar-refractivity contribution >= 4 is 23.6 Å². The van der Waals surface area contributed by atoms with Crippen LogP contribution in [0, 0.1) is 18.3 Å². The normalized spacial score (nSPS) is 15.7. The number of nitriles is 1. The van der Waals surface area contributed by atoms with Gasteiger partial charge < -0.3 is 24.8 Å². The number of hydrogen-bond donors (Lipinski definition) is 3. The van der Waals surface area contributed by atoms with Crippen LogP contribution < -0.4 is 15.4 Å². The summed E-state index contributed by atoms with van der Waals surface area (Å²) < 4.78 is 11.3. The van der Waals surface area contributed by atoms with Crippen LogP contribution in [0.2, 0.25) is 0 Å². The molecule has 0 aliphatic carbocycles. The Hall–Kier alpha value is -3.91. The Morgan fingerprint density at radius 1 is 1.37 bits per heavy atom. The third kappa shape index (κ3) is 5.55. The Kier molecular flexibility index (Phi) is 6.61. The van der Waals surface area contributed by atoms with E-state index in [1.807, 2.05) is 19.1 Å². The van der Waals surface area contributed by atoms with Gasteiger partial charge in [0, 0.05) is 6.54 Å². The summed E-state index contributed by atoms with van der Waals surface area (Å²) in [5, 5.41) is 23.1. The number of ether oxygens (including phenoxy) is 2. The number of amides is 3. The van der Waals surface area contributed by atoms with Crippen LogP contribution in [0.3, 0.4) is 0 Å². The van der Waals surface area contributed by atoms with Crippen molar-refractivity contribution in [2.45, 2.75) is 13.0 Å². The number of aryl methyl sites for hydroxylation is 1. The molecule has 2 heterocycles. The van der Waals surface area contributed by atoms with Gasteiger partial charge in [-0.15, -0.1) is 0 Å². The van der Waals surface area contributed by atoms with Crippen molar-refractivity contribution < 1.29 is 24.2 Å². The minimum atomic E-state index is -0.997. The van der Waals surface area contributed by atoms with E-state index in [9.17, 15) is 9.59 Å². The monoisotopic (exact) mass is 412 g/mol. The maximum Gasteiger partial charge on any atom is 0.407 e. The second-order valence-corrected chi connectivity index (χ2v) is 6.51. The predicted molar refractivity (Wildman–Crippen MR) is 105 cm³/mol. The number of carbonyl (C=O) groups is 2. The van der Waals surface area contributed by atoms with Crippen molar-refractivity contribution in [3.8, 4) is 11.8 Å². The molecule has 3 amide bonds. The van der Waals surface area contributed by atoms with E-state index in [1.165, 1.54) is 17.3 Å². The van der Waals surface area contributed by atoms with Gasteiger partial charge in [-0.2, -0.15) is 5.26 Å². The fourth-order valence-electron chi connectivity index (χ4n) is 2.76. The van der Waals surface area contributed by atoms with Gasteiger partial charge in [0.1, 0.15) is 24.5 Å². The highest BCUT2D eigenvalue weighted by molar-refractivity contribution is 6.00. The summed E-state index contributed by atoms with van der Waals surface area (Å²) in [6, 6.07) is 6.57. The summed E-state index contributed by atoms with van der Waals surface area (Å²) in [5.41, 5.74) is 1.48. The highest BCUT2D eigenvalue weighted by Gasteiger charge is 2.24. The van der Waals surface area contributed by atoms with Crippen LogP contribution in [-0.4, -0.2) is 64.5 Å². The van der Waals surface area contributed by atoms with Gasteiger partial charge >= 0.3 is 12.1 Å². The lowest BCUT2D eigenvalue weighted by atomic mass is 10.2. The van der Waals surface area contributed by atoms with Crippen molar-refractivity contribution in [2.75, 3.05) is 36.9 Å². The van der Waals surface area contributed by atoms with Gasteiger partial charge in [0.25, 0.3) is 0 Å². The number of carbonyl (C=O) groups excluding carboxylic acids is 1. The molecule has 11 nitrogen and oxygen atoms in total. The maximum atomic E-state index is 12.3. The van der Waals surface area contributed by atoms with Crippen LogP contribution in [0.4, 0.5) is 21.1 Å². The smallest absolute Gasteiger partial charge is 0.407 e. The summed E-state index contributed by atoms with van der Waals surface area (Å²) in [5.74, 6) is 0.601. The number of anilines is 2. The molecule has 0 radical (unpaired) electrons. The molecule has 30 heavy (non-hydrogen) atoms. The second-order valence-electron chi connectivity index (χ2n) is 6.51. The Balaban J connectivity index is 1.62. The molecule has 3 rings (SSSR count). The van der Waals surface area contributed by atoms with Crippen molar-refractivity contribution in [3.63, 3.8) is 0 Å². The summed E-state index contributed by atoms with van der Waals surface area (Å²) in [4.78, 5) is 32.5. The molecule has 1 saturated heterocycles. The number of aromatic nitrogens is 2. The van der Waals surface area contributed by atoms with Gasteiger partial charge in [0.15, 0.2) is 11.5 Å². The Bertz CT molecular complexity index is 959. The standard InChI is InChI=1S/C19H20N6O5/c1-12-2-3-16(30-11-14-10-25(19(27)28)4-5-29-14)15(6-12)23-18(26)24-17-9-21-13(7-20)8-22-17/h2-3,6,8-9,14H,4-5,10-11H2,1H3,(H,27,28)(H2,22,23,24,26).